The lowest BCUT2D eigenvalue weighted by atomic mass is 10.2. The smallest absolute Gasteiger partial charge is 0.154 e. The van der Waals surface area contributed by atoms with Gasteiger partial charge in [-0.1, -0.05) is 6.42 Å². The molecule has 0 fully saturated rings. The molecule has 0 unspecified atom stereocenters. The molecule has 0 radical (unpaired) electrons. The topological polar surface area (TPSA) is 67.8 Å². The van der Waals surface area contributed by atoms with Gasteiger partial charge in [0.05, 0.1) is 6.26 Å². The highest BCUT2D eigenvalue weighted by molar-refractivity contribution is 5.55. The predicted octanol–water partition coefficient (Wildman–Crippen LogP) is 2.65. The van der Waals surface area contributed by atoms with Crippen LogP contribution >= 0.6 is 0 Å². The largest absolute Gasteiger partial charge is 0.463 e. The number of rotatable bonds is 6. The predicted molar refractivity (Wildman–Crippen MR) is 67.6 cm³/mol. The lowest BCUT2D eigenvalue weighted by molar-refractivity contribution is 0.579. The molecule has 0 aliphatic heterocycles. The number of aromatic amines is 1. The molecule has 0 bridgehead atoms. The molecule has 0 aliphatic rings. The molecule has 2 heterocycles. The highest BCUT2D eigenvalue weighted by atomic mass is 16.3. The number of hydrogen-bond donors (Lipinski definition) is 2. The third-order valence-electron chi connectivity index (χ3n) is 2.81. The minimum Gasteiger partial charge on any atom is -0.463 e. The first-order valence-corrected chi connectivity index (χ1v) is 6.10. The summed E-state index contributed by atoms with van der Waals surface area (Å²) in [4.78, 5) is 7.88. The van der Waals surface area contributed by atoms with Crippen LogP contribution in [0.1, 0.15) is 30.8 Å². The number of furan rings is 1. The molecule has 0 spiro atoms. The van der Waals surface area contributed by atoms with Gasteiger partial charge in [0.25, 0.3) is 0 Å². The van der Waals surface area contributed by atoms with Gasteiger partial charge >= 0.3 is 0 Å². The minimum atomic E-state index is 0.773. The van der Waals surface area contributed by atoms with Crippen molar-refractivity contribution in [1.29, 1.82) is 0 Å². The van der Waals surface area contributed by atoms with E-state index in [-0.39, 0.29) is 0 Å². The maximum atomic E-state index is 5.46. The summed E-state index contributed by atoms with van der Waals surface area (Å²) in [6.07, 6.45) is 6.02. The van der Waals surface area contributed by atoms with Crippen molar-refractivity contribution >= 4 is 0 Å². The standard InChI is InChI=1S/C13H19N3O/c1-10-13(11-6-5-9-17-11)16-12(15-10)7-3-2-4-8-14/h5-6,9H,2-4,7-8,14H2,1H3,(H,15,16). The summed E-state index contributed by atoms with van der Waals surface area (Å²) < 4.78 is 5.36. The van der Waals surface area contributed by atoms with Gasteiger partial charge in [0.2, 0.25) is 0 Å². The molecule has 17 heavy (non-hydrogen) atoms. The molecule has 0 amide bonds. The molecule has 4 nitrogen and oxygen atoms in total. The number of nitrogens with two attached hydrogens (primary N) is 1. The number of nitrogens with one attached hydrogen (secondary N) is 1. The molecule has 2 aromatic rings. The van der Waals surface area contributed by atoms with E-state index in [1.165, 1.54) is 0 Å². The monoisotopic (exact) mass is 233 g/mol. The molecule has 3 N–H and O–H groups in total. The van der Waals surface area contributed by atoms with E-state index in [4.69, 9.17) is 10.2 Å². The second-order valence-corrected chi connectivity index (χ2v) is 4.23. The maximum absolute atomic E-state index is 5.46. The molecule has 0 aromatic carbocycles. The number of unbranched alkanes of at least 4 members (excludes halogenated alkanes) is 2. The molecular formula is C13H19N3O. The van der Waals surface area contributed by atoms with Crippen LogP contribution in [0.15, 0.2) is 22.8 Å². The number of imidazole rings is 1. The van der Waals surface area contributed by atoms with Gasteiger partial charge in [-0.3, -0.25) is 0 Å². The fourth-order valence-electron chi connectivity index (χ4n) is 1.91. The summed E-state index contributed by atoms with van der Waals surface area (Å²) in [5.41, 5.74) is 7.45. The number of nitrogens with zero attached hydrogens (tertiary/aromatic N) is 1. The fraction of sp³-hybridized carbons (Fsp3) is 0.462. The van der Waals surface area contributed by atoms with E-state index >= 15 is 0 Å². The normalized spacial score (nSPS) is 10.9. The summed E-state index contributed by atoms with van der Waals surface area (Å²) in [6.45, 7) is 2.79. The Morgan fingerprint density at radius 3 is 2.94 bits per heavy atom. The molecule has 4 heteroatoms. The lowest BCUT2D eigenvalue weighted by Gasteiger charge is -1.96. The van der Waals surface area contributed by atoms with Crippen LogP contribution in [-0.2, 0) is 6.42 Å². The van der Waals surface area contributed by atoms with Crippen LogP contribution in [-0.4, -0.2) is 16.5 Å². The Labute approximate surface area is 101 Å². The van der Waals surface area contributed by atoms with E-state index in [0.29, 0.717) is 0 Å². The van der Waals surface area contributed by atoms with Gasteiger partial charge in [-0.2, -0.15) is 0 Å². The number of aryl methyl sites for hydroxylation is 2. The number of aromatic nitrogens is 2. The van der Waals surface area contributed by atoms with Gasteiger partial charge < -0.3 is 15.1 Å². The van der Waals surface area contributed by atoms with Gasteiger partial charge in [-0.25, -0.2) is 4.98 Å². The third kappa shape index (κ3) is 2.97. The van der Waals surface area contributed by atoms with Crippen molar-refractivity contribution in [2.24, 2.45) is 5.73 Å². The van der Waals surface area contributed by atoms with Crippen LogP contribution < -0.4 is 5.73 Å². The molecule has 0 saturated heterocycles. The quantitative estimate of drug-likeness (QED) is 0.754. The number of H-pyrrole nitrogens is 1. The Morgan fingerprint density at radius 1 is 1.35 bits per heavy atom. The highest BCUT2D eigenvalue weighted by Gasteiger charge is 2.10. The number of hydrogen-bond acceptors (Lipinski definition) is 3. The van der Waals surface area contributed by atoms with Crippen LogP contribution in [0.25, 0.3) is 11.5 Å². The van der Waals surface area contributed by atoms with Gasteiger partial charge in [-0.05, 0) is 38.4 Å². The van der Waals surface area contributed by atoms with Crippen LogP contribution in [0.4, 0.5) is 0 Å². The first-order valence-electron chi connectivity index (χ1n) is 6.10. The van der Waals surface area contributed by atoms with Crippen LogP contribution in [0, 0.1) is 6.92 Å². The van der Waals surface area contributed by atoms with Gasteiger partial charge in [0, 0.05) is 12.1 Å². The molecule has 2 rings (SSSR count). The molecule has 0 saturated carbocycles. The summed E-state index contributed by atoms with van der Waals surface area (Å²) in [5, 5.41) is 0. The van der Waals surface area contributed by atoms with Crippen LogP contribution in [0.3, 0.4) is 0 Å². The fourth-order valence-corrected chi connectivity index (χ4v) is 1.91. The van der Waals surface area contributed by atoms with E-state index in [0.717, 1.165) is 55.2 Å². The van der Waals surface area contributed by atoms with E-state index in [1.807, 2.05) is 19.1 Å². The van der Waals surface area contributed by atoms with Crippen molar-refractivity contribution in [3.8, 4) is 11.5 Å². The van der Waals surface area contributed by atoms with E-state index in [2.05, 4.69) is 9.97 Å². The zero-order chi connectivity index (χ0) is 12.1. The second kappa shape index (κ2) is 5.68. The molecule has 92 valence electrons. The van der Waals surface area contributed by atoms with Gasteiger partial charge in [-0.15, -0.1) is 0 Å². The Morgan fingerprint density at radius 2 is 2.24 bits per heavy atom. The van der Waals surface area contributed by atoms with Gasteiger partial charge in [0.1, 0.15) is 11.5 Å². The summed E-state index contributed by atoms with van der Waals surface area (Å²) in [6, 6.07) is 3.81. The highest BCUT2D eigenvalue weighted by Crippen LogP contribution is 2.21. The first-order chi connectivity index (χ1) is 8.31. The molecular weight excluding hydrogens is 214 g/mol. The molecule has 0 aliphatic carbocycles. The molecule has 0 atom stereocenters. The van der Waals surface area contributed by atoms with Crippen molar-refractivity contribution < 1.29 is 4.42 Å². The third-order valence-corrected chi connectivity index (χ3v) is 2.81. The first kappa shape index (κ1) is 11.9. The average molecular weight is 233 g/mol. The summed E-state index contributed by atoms with van der Waals surface area (Å²) in [5.74, 6) is 1.86. The minimum absolute atomic E-state index is 0.773. The van der Waals surface area contributed by atoms with E-state index in [1.54, 1.807) is 6.26 Å². The zero-order valence-corrected chi connectivity index (χ0v) is 10.2. The second-order valence-electron chi connectivity index (χ2n) is 4.23. The lowest BCUT2D eigenvalue weighted by Crippen LogP contribution is -1.98. The van der Waals surface area contributed by atoms with E-state index in [9.17, 15) is 0 Å². The van der Waals surface area contributed by atoms with Crippen molar-refractivity contribution in [1.82, 2.24) is 9.97 Å². The Balaban J connectivity index is 1.99. The zero-order valence-electron chi connectivity index (χ0n) is 10.2. The van der Waals surface area contributed by atoms with E-state index < -0.39 is 0 Å². The molecule has 2 aromatic heterocycles. The van der Waals surface area contributed by atoms with Crippen molar-refractivity contribution in [3.05, 3.63) is 29.9 Å². The van der Waals surface area contributed by atoms with Crippen molar-refractivity contribution in [2.45, 2.75) is 32.6 Å². The Bertz CT molecular complexity index is 445. The maximum Gasteiger partial charge on any atom is 0.154 e. The van der Waals surface area contributed by atoms with Crippen molar-refractivity contribution in [3.63, 3.8) is 0 Å². The van der Waals surface area contributed by atoms with Gasteiger partial charge in [0.15, 0.2) is 5.76 Å². The summed E-state index contributed by atoms with van der Waals surface area (Å²) >= 11 is 0. The summed E-state index contributed by atoms with van der Waals surface area (Å²) in [7, 11) is 0. The van der Waals surface area contributed by atoms with Crippen LogP contribution in [0.5, 0.6) is 0 Å². The Hall–Kier alpha value is -1.55. The Kier molecular flexibility index (Phi) is 3.98. The average Bonchev–Trinajstić information content (AvgIpc) is 2.93. The van der Waals surface area contributed by atoms with Crippen molar-refractivity contribution in [2.75, 3.05) is 6.54 Å². The van der Waals surface area contributed by atoms with Crippen LogP contribution in [0.2, 0.25) is 0 Å². The SMILES string of the molecule is Cc1[nH]c(CCCCCN)nc1-c1ccco1.